The maximum absolute atomic E-state index is 13.7. The van der Waals surface area contributed by atoms with Crippen molar-refractivity contribution in [2.45, 2.75) is 11.8 Å². The number of aryl methyl sites for hydroxylation is 1. The Morgan fingerprint density at radius 3 is 2.65 bits per heavy atom. The van der Waals surface area contributed by atoms with E-state index in [-0.39, 0.29) is 16.8 Å². The van der Waals surface area contributed by atoms with E-state index in [9.17, 15) is 12.8 Å². The number of methoxy groups -OCH3 is 1. The first-order valence-corrected chi connectivity index (χ1v) is 9.53. The van der Waals surface area contributed by atoms with Crippen LogP contribution in [0.4, 0.5) is 10.4 Å². The van der Waals surface area contributed by atoms with Crippen LogP contribution in [0.1, 0.15) is 5.56 Å². The summed E-state index contributed by atoms with van der Waals surface area (Å²) in [5.41, 5.74) is 0.813. The number of halogens is 2. The van der Waals surface area contributed by atoms with Gasteiger partial charge in [-0.25, -0.2) is 17.5 Å². The van der Waals surface area contributed by atoms with E-state index in [0.29, 0.717) is 21.3 Å². The lowest BCUT2D eigenvalue weighted by Crippen LogP contribution is -2.13. The molecule has 1 aromatic heterocycles. The van der Waals surface area contributed by atoms with Gasteiger partial charge in [-0.05, 0) is 36.8 Å². The summed E-state index contributed by atoms with van der Waals surface area (Å²) in [6.45, 7) is 1.62. The van der Waals surface area contributed by atoms with Crippen molar-refractivity contribution in [3.05, 3.63) is 52.3 Å². The Kier molecular flexibility index (Phi) is 4.97. The van der Waals surface area contributed by atoms with Gasteiger partial charge < -0.3 is 9.15 Å². The topological polar surface area (TPSA) is 94.3 Å². The third-order valence-electron chi connectivity index (χ3n) is 3.46. The van der Waals surface area contributed by atoms with Gasteiger partial charge in [0, 0.05) is 16.1 Å². The van der Waals surface area contributed by atoms with E-state index in [1.807, 2.05) is 0 Å². The van der Waals surface area contributed by atoms with Crippen LogP contribution in [0, 0.1) is 12.7 Å². The summed E-state index contributed by atoms with van der Waals surface area (Å²) in [6, 6.07) is 8.43. The molecular formula is C16H13BrFN3O4S. The Balaban J connectivity index is 1.88. The first-order valence-electron chi connectivity index (χ1n) is 7.26. The van der Waals surface area contributed by atoms with Gasteiger partial charge >= 0.3 is 6.01 Å². The number of rotatable bonds is 5. The van der Waals surface area contributed by atoms with Gasteiger partial charge in [0.15, 0.2) is 0 Å². The van der Waals surface area contributed by atoms with Crippen molar-refractivity contribution >= 4 is 32.0 Å². The molecule has 0 saturated heterocycles. The van der Waals surface area contributed by atoms with Crippen LogP contribution < -0.4 is 9.46 Å². The second-order valence-electron chi connectivity index (χ2n) is 5.31. The van der Waals surface area contributed by atoms with Crippen molar-refractivity contribution in [1.82, 2.24) is 10.2 Å². The van der Waals surface area contributed by atoms with Crippen molar-refractivity contribution in [1.29, 1.82) is 0 Å². The van der Waals surface area contributed by atoms with Crippen molar-refractivity contribution in [2.75, 3.05) is 11.8 Å². The fourth-order valence-electron chi connectivity index (χ4n) is 2.09. The highest BCUT2D eigenvalue weighted by Crippen LogP contribution is 2.27. The fourth-order valence-corrected chi connectivity index (χ4v) is 3.70. The molecule has 0 amide bonds. The maximum Gasteiger partial charge on any atom is 0.330 e. The third kappa shape index (κ3) is 3.86. The number of hydrogen-bond donors (Lipinski definition) is 1. The fraction of sp³-hybridized carbons (Fsp3) is 0.125. The molecule has 136 valence electrons. The molecule has 0 fully saturated rings. The molecule has 26 heavy (non-hydrogen) atoms. The van der Waals surface area contributed by atoms with Crippen LogP contribution in [0.25, 0.3) is 11.5 Å². The van der Waals surface area contributed by atoms with Gasteiger partial charge in [-0.15, -0.1) is 5.10 Å². The van der Waals surface area contributed by atoms with Crippen molar-refractivity contribution < 1.29 is 22.0 Å². The van der Waals surface area contributed by atoms with E-state index < -0.39 is 15.8 Å². The average molecular weight is 442 g/mol. The smallest absolute Gasteiger partial charge is 0.330 e. The van der Waals surface area contributed by atoms with Crippen LogP contribution in [0.2, 0.25) is 0 Å². The van der Waals surface area contributed by atoms with E-state index >= 15 is 0 Å². The van der Waals surface area contributed by atoms with Crippen LogP contribution in [0.3, 0.4) is 0 Å². The summed E-state index contributed by atoms with van der Waals surface area (Å²) in [7, 11) is -2.56. The van der Waals surface area contributed by atoms with Gasteiger partial charge in [0.2, 0.25) is 5.89 Å². The van der Waals surface area contributed by atoms with Gasteiger partial charge in [0.05, 0.1) is 12.0 Å². The number of ether oxygens (including phenoxy) is 1. The number of hydrogen-bond acceptors (Lipinski definition) is 6. The number of benzene rings is 2. The Hall–Kier alpha value is -2.46. The first-order chi connectivity index (χ1) is 12.3. The van der Waals surface area contributed by atoms with Gasteiger partial charge in [0.25, 0.3) is 10.0 Å². The highest BCUT2D eigenvalue weighted by atomic mass is 79.9. The largest absolute Gasteiger partial charge is 0.497 e. The molecule has 0 bridgehead atoms. The molecule has 0 spiro atoms. The number of sulfonamides is 1. The molecule has 0 unspecified atom stereocenters. The Bertz CT molecular complexity index is 1070. The second kappa shape index (κ2) is 7.04. The molecule has 0 saturated carbocycles. The summed E-state index contributed by atoms with van der Waals surface area (Å²) in [4.78, 5) is -0.0511. The first kappa shape index (κ1) is 18.3. The van der Waals surface area contributed by atoms with E-state index in [4.69, 9.17) is 9.15 Å². The molecule has 0 aliphatic rings. The van der Waals surface area contributed by atoms with Gasteiger partial charge in [0.1, 0.15) is 11.6 Å². The number of aromatic nitrogens is 2. The molecule has 10 heteroatoms. The van der Waals surface area contributed by atoms with Crippen LogP contribution in [0.15, 0.2) is 50.2 Å². The lowest BCUT2D eigenvalue weighted by atomic mass is 10.1. The van der Waals surface area contributed by atoms with Crippen LogP contribution in [-0.4, -0.2) is 25.7 Å². The van der Waals surface area contributed by atoms with Gasteiger partial charge in [-0.1, -0.05) is 27.1 Å². The SMILES string of the molecule is COc1cc(Br)cc(S(=O)(=O)Nc2nnc(-c3ccc(C)c(F)c3)o2)c1. The Morgan fingerprint density at radius 2 is 1.96 bits per heavy atom. The predicted molar refractivity (Wildman–Crippen MR) is 95.9 cm³/mol. The van der Waals surface area contributed by atoms with E-state index in [2.05, 4.69) is 30.8 Å². The molecule has 3 aromatic rings. The highest BCUT2D eigenvalue weighted by Gasteiger charge is 2.20. The standard InChI is InChI=1S/C16H13BrFN3O4S/c1-9-3-4-10(5-14(9)18)15-19-20-16(25-15)21-26(22,23)13-7-11(17)6-12(8-13)24-2/h3-8H,1-2H3,(H,20,21). The van der Waals surface area contributed by atoms with Crippen LogP contribution >= 0.6 is 15.9 Å². The van der Waals surface area contributed by atoms with Crippen LogP contribution in [-0.2, 0) is 10.0 Å². The monoisotopic (exact) mass is 441 g/mol. The maximum atomic E-state index is 13.7. The van der Waals surface area contributed by atoms with E-state index in [1.54, 1.807) is 25.1 Å². The lowest BCUT2D eigenvalue weighted by molar-refractivity contribution is 0.413. The second-order valence-corrected chi connectivity index (χ2v) is 7.91. The molecule has 0 atom stereocenters. The minimum Gasteiger partial charge on any atom is -0.497 e. The van der Waals surface area contributed by atoms with Crippen molar-refractivity contribution in [3.63, 3.8) is 0 Å². The molecule has 7 nitrogen and oxygen atoms in total. The van der Waals surface area contributed by atoms with Gasteiger partial charge in [-0.2, -0.15) is 0 Å². The summed E-state index contributed by atoms with van der Waals surface area (Å²) in [5, 5.41) is 7.39. The average Bonchev–Trinajstić information content (AvgIpc) is 3.04. The quantitative estimate of drug-likeness (QED) is 0.647. The molecule has 1 N–H and O–H groups in total. The van der Waals surface area contributed by atoms with Crippen molar-refractivity contribution in [3.8, 4) is 17.2 Å². The van der Waals surface area contributed by atoms with Crippen LogP contribution in [0.5, 0.6) is 5.75 Å². The number of nitrogens with one attached hydrogen (secondary N) is 1. The summed E-state index contributed by atoms with van der Waals surface area (Å²) < 4.78 is 51.7. The number of anilines is 1. The molecule has 3 rings (SSSR count). The predicted octanol–water partition coefficient (Wildman–Crippen LogP) is 3.76. The Labute approximate surface area is 157 Å². The molecular weight excluding hydrogens is 429 g/mol. The molecule has 2 aromatic carbocycles. The third-order valence-corrected chi connectivity index (χ3v) is 5.21. The molecule has 0 aliphatic heterocycles. The number of nitrogens with zero attached hydrogens (tertiary/aromatic N) is 2. The zero-order valence-corrected chi connectivity index (χ0v) is 16.1. The van der Waals surface area contributed by atoms with Crippen molar-refractivity contribution in [2.24, 2.45) is 0 Å². The highest BCUT2D eigenvalue weighted by molar-refractivity contribution is 9.10. The summed E-state index contributed by atoms with van der Waals surface area (Å²) in [6.07, 6.45) is 0. The summed E-state index contributed by atoms with van der Waals surface area (Å²) in [5.74, 6) is -0.0708. The minimum atomic E-state index is -3.98. The minimum absolute atomic E-state index is 0.00609. The Morgan fingerprint density at radius 1 is 1.19 bits per heavy atom. The molecule has 1 heterocycles. The van der Waals surface area contributed by atoms with Gasteiger partial charge in [-0.3, -0.25) is 0 Å². The van der Waals surface area contributed by atoms with E-state index in [0.717, 1.165) is 0 Å². The lowest BCUT2D eigenvalue weighted by Gasteiger charge is -2.07. The molecule has 0 aliphatic carbocycles. The normalized spacial score (nSPS) is 11.4. The molecule has 0 radical (unpaired) electrons. The van der Waals surface area contributed by atoms with E-state index in [1.165, 1.54) is 25.3 Å². The zero-order chi connectivity index (χ0) is 18.9. The summed E-state index contributed by atoms with van der Waals surface area (Å²) >= 11 is 3.22. The zero-order valence-electron chi connectivity index (χ0n) is 13.7.